The molecule has 0 aliphatic carbocycles. The smallest absolute Gasteiger partial charge is 0.254 e. The van der Waals surface area contributed by atoms with Crippen LogP contribution < -0.4 is 5.73 Å². The number of carbonyl (C=O) groups excluding carboxylic acids is 2. The topological polar surface area (TPSA) is 112 Å². The summed E-state index contributed by atoms with van der Waals surface area (Å²) in [4.78, 5) is 25.4. The lowest BCUT2D eigenvalue weighted by Gasteiger charge is -2.17. The maximum absolute atomic E-state index is 12.8. The summed E-state index contributed by atoms with van der Waals surface area (Å²) in [5.74, 6) is 0.269. The van der Waals surface area contributed by atoms with Gasteiger partial charge in [0.05, 0.1) is 12.7 Å². The fourth-order valence-corrected chi connectivity index (χ4v) is 2.86. The highest BCUT2D eigenvalue weighted by Gasteiger charge is 2.16. The van der Waals surface area contributed by atoms with Crippen molar-refractivity contribution in [2.75, 3.05) is 7.05 Å². The zero-order valence-electron chi connectivity index (χ0n) is 15.9. The minimum absolute atomic E-state index is 0.103. The van der Waals surface area contributed by atoms with E-state index in [1.807, 2.05) is 35.9 Å². The fourth-order valence-electron chi connectivity index (χ4n) is 2.86. The largest absolute Gasteiger partial charge is 0.370 e. The quantitative estimate of drug-likeness (QED) is 0.632. The summed E-state index contributed by atoms with van der Waals surface area (Å²) >= 11 is 0. The van der Waals surface area contributed by atoms with Crippen molar-refractivity contribution < 1.29 is 9.59 Å². The summed E-state index contributed by atoms with van der Waals surface area (Å²) in [6.45, 7) is 3.55. The van der Waals surface area contributed by atoms with Crippen molar-refractivity contribution in [2.45, 2.75) is 33.0 Å². The summed E-state index contributed by atoms with van der Waals surface area (Å²) in [6, 6.07) is 7.37. The third kappa shape index (κ3) is 4.43. The molecule has 3 aromatic rings. The van der Waals surface area contributed by atoms with E-state index in [-0.39, 0.29) is 18.2 Å². The Bertz CT molecular complexity index is 976. The minimum atomic E-state index is -0.369. The van der Waals surface area contributed by atoms with Crippen molar-refractivity contribution in [3.63, 3.8) is 0 Å². The van der Waals surface area contributed by atoms with Gasteiger partial charge in [-0.05, 0) is 24.6 Å². The van der Waals surface area contributed by atoms with Crippen LogP contribution in [0.4, 0.5) is 0 Å². The van der Waals surface area contributed by atoms with Gasteiger partial charge in [-0.1, -0.05) is 12.1 Å². The molecule has 146 valence electrons. The Labute approximate surface area is 162 Å². The number of benzene rings is 1. The summed E-state index contributed by atoms with van der Waals surface area (Å²) in [5.41, 5.74) is 7.49. The van der Waals surface area contributed by atoms with Gasteiger partial charge in [-0.3, -0.25) is 14.3 Å². The zero-order chi connectivity index (χ0) is 20.1. The summed E-state index contributed by atoms with van der Waals surface area (Å²) in [6.07, 6.45) is 5.43. The van der Waals surface area contributed by atoms with Crippen LogP contribution in [0, 0.1) is 0 Å². The van der Waals surface area contributed by atoms with Gasteiger partial charge in [-0.2, -0.15) is 5.10 Å². The van der Waals surface area contributed by atoms with Crippen LogP contribution in [0.1, 0.15) is 29.5 Å². The van der Waals surface area contributed by atoms with Crippen LogP contribution in [0.3, 0.4) is 0 Å². The molecule has 9 heteroatoms. The van der Waals surface area contributed by atoms with Gasteiger partial charge < -0.3 is 15.2 Å². The maximum Gasteiger partial charge on any atom is 0.254 e. The van der Waals surface area contributed by atoms with Crippen LogP contribution in [-0.2, 0) is 24.4 Å². The molecule has 2 N–H and O–H groups in total. The molecule has 0 aliphatic heterocycles. The van der Waals surface area contributed by atoms with Crippen LogP contribution in [0.25, 0.3) is 11.1 Å². The summed E-state index contributed by atoms with van der Waals surface area (Å²) in [5, 5.41) is 12.2. The molecule has 0 radical (unpaired) electrons. The highest BCUT2D eigenvalue weighted by molar-refractivity contribution is 5.95. The highest BCUT2D eigenvalue weighted by atomic mass is 16.2. The lowest BCUT2D eigenvalue weighted by Crippen LogP contribution is -2.27. The standard InChI is InChI=1S/C19H23N7O2/c1-3-25-13-21-23-18(25)12-24(2)19(28)15-6-4-5-14(9-15)16-10-22-26(11-16)8-7-17(20)27/h4-6,9-11,13H,3,7-8,12H2,1-2H3,(H2,20,27). The second-order valence-corrected chi connectivity index (χ2v) is 6.48. The summed E-state index contributed by atoms with van der Waals surface area (Å²) < 4.78 is 3.57. The molecular formula is C19H23N7O2. The molecular weight excluding hydrogens is 358 g/mol. The van der Waals surface area contributed by atoms with Crippen molar-refractivity contribution in [1.82, 2.24) is 29.4 Å². The van der Waals surface area contributed by atoms with E-state index < -0.39 is 0 Å². The first-order chi connectivity index (χ1) is 13.5. The SMILES string of the molecule is CCn1cnnc1CN(C)C(=O)c1cccc(-c2cnn(CCC(N)=O)c2)c1. The number of amides is 2. The van der Waals surface area contributed by atoms with Crippen molar-refractivity contribution in [1.29, 1.82) is 0 Å². The van der Waals surface area contributed by atoms with Crippen LogP contribution in [0.2, 0.25) is 0 Å². The molecule has 0 fully saturated rings. The molecule has 0 saturated carbocycles. The molecule has 0 aliphatic rings. The van der Waals surface area contributed by atoms with Gasteiger partial charge in [0.15, 0.2) is 5.82 Å². The van der Waals surface area contributed by atoms with Crippen LogP contribution in [0.15, 0.2) is 43.0 Å². The minimum Gasteiger partial charge on any atom is -0.370 e. The Kier molecular flexibility index (Phi) is 5.83. The van der Waals surface area contributed by atoms with Gasteiger partial charge in [0.25, 0.3) is 5.91 Å². The maximum atomic E-state index is 12.8. The zero-order valence-corrected chi connectivity index (χ0v) is 15.9. The van der Waals surface area contributed by atoms with E-state index in [0.717, 1.165) is 23.5 Å². The molecule has 0 spiro atoms. The number of aryl methyl sites for hydroxylation is 2. The van der Waals surface area contributed by atoms with E-state index in [9.17, 15) is 9.59 Å². The molecule has 2 amide bonds. The second-order valence-electron chi connectivity index (χ2n) is 6.48. The van der Waals surface area contributed by atoms with Crippen molar-refractivity contribution in [3.8, 4) is 11.1 Å². The molecule has 1 aromatic carbocycles. The molecule has 2 heterocycles. The van der Waals surface area contributed by atoms with E-state index in [1.54, 1.807) is 35.2 Å². The Morgan fingerprint density at radius 3 is 2.82 bits per heavy atom. The number of hydrogen-bond donors (Lipinski definition) is 1. The Morgan fingerprint density at radius 1 is 1.25 bits per heavy atom. The molecule has 0 saturated heterocycles. The number of primary amides is 1. The van der Waals surface area contributed by atoms with Gasteiger partial charge in [-0.25, -0.2) is 0 Å². The van der Waals surface area contributed by atoms with Gasteiger partial charge in [0, 0.05) is 43.9 Å². The third-order valence-electron chi connectivity index (χ3n) is 4.43. The number of nitrogens with two attached hydrogens (primary N) is 1. The first kappa shape index (κ1) is 19.3. The Hall–Kier alpha value is -3.49. The third-order valence-corrected chi connectivity index (χ3v) is 4.43. The molecule has 0 bridgehead atoms. The average molecular weight is 381 g/mol. The van der Waals surface area contributed by atoms with Crippen molar-refractivity contribution in [3.05, 3.63) is 54.4 Å². The van der Waals surface area contributed by atoms with E-state index >= 15 is 0 Å². The van der Waals surface area contributed by atoms with Crippen molar-refractivity contribution in [2.24, 2.45) is 5.73 Å². The van der Waals surface area contributed by atoms with Crippen LogP contribution in [-0.4, -0.2) is 48.3 Å². The van der Waals surface area contributed by atoms with Gasteiger partial charge in [0.2, 0.25) is 5.91 Å². The van der Waals surface area contributed by atoms with E-state index in [4.69, 9.17) is 5.73 Å². The highest BCUT2D eigenvalue weighted by Crippen LogP contribution is 2.21. The molecule has 2 aromatic heterocycles. The van der Waals surface area contributed by atoms with E-state index in [0.29, 0.717) is 18.7 Å². The molecule has 3 rings (SSSR count). The number of aromatic nitrogens is 5. The lowest BCUT2D eigenvalue weighted by molar-refractivity contribution is -0.118. The number of carbonyl (C=O) groups is 2. The Balaban J connectivity index is 1.73. The number of rotatable bonds is 8. The Morgan fingerprint density at radius 2 is 2.07 bits per heavy atom. The number of nitrogens with zero attached hydrogens (tertiary/aromatic N) is 6. The average Bonchev–Trinajstić information content (AvgIpc) is 3.35. The van der Waals surface area contributed by atoms with Crippen molar-refractivity contribution >= 4 is 11.8 Å². The molecule has 0 atom stereocenters. The molecule has 9 nitrogen and oxygen atoms in total. The van der Waals surface area contributed by atoms with Gasteiger partial charge >= 0.3 is 0 Å². The normalized spacial score (nSPS) is 10.8. The van der Waals surface area contributed by atoms with Gasteiger partial charge in [0.1, 0.15) is 6.33 Å². The molecule has 28 heavy (non-hydrogen) atoms. The van der Waals surface area contributed by atoms with Crippen LogP contribution in [0.5, 0.6) is 0 Å². The monoisotopic (exact) mass is 381 g/mol. The summed E-state index contributed by atoms with van der Waals surface area (Å²) in [7, 11) is 1.74. The first-order valence-electron chi connectivity index (χ1n) is 9.01. The van der Waals surface area contributed by atoms with Gasteiger partial charge in [-0.15, -0.1) is 10.2 Å². The predicted octanol–water partition coefficient (Wildman–Crippen LogP) is 1.31. The van der Waals surface area contributed by atoms with Crippen LogP contribution >= 0.6 is 0 Å². The number of hydrogen-bond acceptors (Lipinski definition) is 5. The van der Waals surface area contributed by atoms with E-state index in [1.165, 1.54) is 0 Å². The lowest BCUT2D eigenvalue weighted by atomic mass is 10.1. The molecule has 0 unspecified atom stereocenters. The van der Waals surface area contributed by atoms with E-state index in [2.05, 4.69) is 15.3 Å². The fraction of sp³-hybridized carbons (Fsp3) is 0.316. The predicted molar refractivity (Wildman–Crippen MR) is 103 cm³/mol. The first-order valence-corrected chi connectivity index (χ1v) is 9.01. The second kappa shape index (κ2) is 8.47.